The molecule has 37 heavy (non-hydrogen) atoms. The lowest BCUT2D eigenvalue weighted by Crippen LogP contribution is -2.12. The molecule has 0 amide bonds. The van der Waals surface area contributed by atoms with Gasteiger partial charge in [-0.1, -0.05) is 48.6 Å². The highest BCUT2D eigenvalue weighted by Crippen LogP contribution is 2.34. The lowest BCUT2D eigenvalue weighted by molar-refractivity contribution is -0.142. The Bertz CT molecular complexity index is 1440. The lowest BCUT2D eigenvalue weighted by Gasteiger charge is -2.12. The minimum Gasteiger partial charge on any atom is -0.206 e. The van der Waals surface area contributed by atoms with Crippen LogP contribution >= 0.6 is 0 Å². The zero-order valence-corrected chi connectivity index (χ0v) is 19.9. The molecular weight excluding hydrogens is 493 g/mol. The van der Waals surface area contributed by atoms with Crippen molar-refractivity contribution < 1.29 is 30.7 Å². The summed E-state index contributed by atoms with van der Waals surface area (Å²) in [4.78, 5) is 0. The average Bonchev–Trinajstić information content (AvgIpc) is 2.82. The Labute approximate surface area is 210 Å². The van der Waals surface area contributed by atoms with Crippen LogP contribution in [0.25, 0.3) is 21.9 Å². The number of benzene rings is 4. The second-order valence-corrected chi connectivity index (χ2v) is 8.83. The molecule has 4 aromatic carbocycles. The molecule has 0 aliphatic heterocycles. The molecule has 0 aliphatic carbocycles. The van der Waals surface area contributed by atoms with E-state index in [-0.39, 0.29) is 35.2 Å². The Hall–Kier alpha value is -3.61. The van der Waals surface area contributed by atoms with Gasteiger partial charge < -0.3 is 0 Å². The zero-order chi connectivity index (χ0) is 26.7. The van der Waals surface area contributed by atoms with Crippen LogP contribution in [0.15, 0.2) is 72.8 Å². The van der Waals surface area contributed by atoms with E-state index in [0.29, 0.717) is 28.6 Å². The Balaban J connectivity index is 1.55. The molecule has 0 spiro atoms. The number of alkyl halides is 3. The topological polar surface area (TPSA) is 0 Å². The highest BCUT2D eigenvalue weighted by Gasteiger charge is 2.37. The van der Waals surface area contributed by atoms with E-state index in [0.717, 1.165) is 18.4 Å². The monoisotopic (exact) mass is 516 g/mol. The van der Waals surface area contributed by atoms with Crippen molar-refractivity contribution in [2.75, 3.05) is 0 Å². The first-order chi connectivity index (χ1) is 17.6. The molecule has 7 heteroatoms. The van der Waals surface area contributed by atoms with E-state index in [1.54, 1.807) is 30.3 Å². The predicted molar refractivity (Wildman–Crippen MR) is 131 cm³/mol. The predicted octanol–water partition coefficient (Wildman–Crippen LogP) is 9.38. The lowest BCUT2D eigenvalue weighted by atomic mass is 9.96. The van der Waals surface area contributed by atoms with Crippen molar-refractivity contribution in [3.63, 3.8) is 0 Å². The van der Waals surface area contributed by atoms with Crippen molar-refractivity contribution in [1.82, 2.24) is 0 Å². The molecule has 0 bridgehead atoms. The average molecular weight is 517 g/mol. The maximum Gasteiger partial charge on any atom is 0.422 e. The summed E-state index contributed by atoms with van der Waals surface area (Å²) in [6, 6.07) is 14.3. The molecule has 0 unspecified atom stereocenters. The fourth-order valence-electron chi connectivity index (χ4n) is 4.38. The standard InChI is InChI=1S/C30H23F7/c1-2-3-4-5-18-7-12-23(25(31)14-18)21-11-13-24-22(17-21)10-9-20(29(24)34)8-6-19-15-26(32)28(27(33)16-19)30(35,36)37/h2-3,7,9-17H,4-6,8H2,1H3/b3-2+. The quantitative estimate of drug-likeness (QED) is 0.170. The van der Waals surface area contributed by atoms with Gasteiger partial charge in [-0.25, -0.2) is 17.6 Å². The minimum atomic E-state index is -5.15. The van der Waals surface area contributed by atoms with Gasteiger partial charge in [-0.2, -0.15) is 13.2 Å². The van der Waals surface area contributed by atoms with Crippen molar-refractivity contribution in [1.29, 1.82) is 0 Å². The molecule has 0 atom stereocenters. The smallest absolute Gasteiger partial charge is 0.206 e. The highest BCUT2D eigenvalue weighted by atomic mass is 19.4. The molecule has 0 saturated carbocycles. The van der Waals surface area contributed by atoms with E-state index in [2.05, 4.69) is 0 Å². The number of halogens is 7. The first-order valence-electron chi connectivity index (χ1n) is 11.7. The summed E-state index contributed by atoms with van der Waals surface area (Å²) < 4.78 is 96.0. The second kappa shape index (κ2) is 10.8. The normalized spacial score (nSPS) is 12.1. The van der Waals surface area contributed by atoms with Gasteiger partial charge >= 0.3 is 6.18 Å². The van der Waals surface area contributed by atoms with Crippen LogP contribution in [0.2, 0.25) is 0 Å². The van der Waals surface area contributed by atoms with Crippen molar-refractivity contribution in [3.05, 3.63) is 118 Å². The summed E-state index contributed by atoms with van der Waals surface area (Å²) >= 11 is 0. The Morgan fingerprint density at radius 1 is 0.703 bits per heavy atom. The summed E-state index contributed by atoms with van der Waals surface area (Å²) in [6.45, 7) is 1.93. The van der Waals surface area contributed by atoms with Gasteiger partial charge in [0, 0.05) is 10.9 Å². The van der Waals surface area contributed by atoms with Gasteiger partial charge in [-0.15, -0.1) is 0 Å². The van der Waals surface area contributed by atoms with E-state index in [4.69, 9.17) is 0 Å². The number of hydrogen-bond acceptors (Lipinski definition) is 0. The molecule has 0 heterocycles. The van der Waals surface area contributed by atoms with Crippen LogP contribution < -0.4 is 0 Å². The molecule has 0 aromatic heterocycles. The van der Waals surface area contributed by atoms with Gasteiger partial charge in [-0.05, 0) is 84.5 Å². The van der Waals surface area contributed by atoms with Gasteiger partial charge in [0.05, 0.1) is 0 Å². The van der Waals surface area contributed by atoms with Gasteiger partial charge in [0.25, 0.3) is 0 Å². The largest absolute Gasteiger partial charge is 0.422 e. The molecule has 0 fully saturated rings. The third-order valence-corrected chi connectivity index (χ3v) is 6.28. The Morgan fingerprint density at radius 2 is 1.41 bits per heavy atom. The molecular formula is C30H23F7. The van der Waals surface area contributed by atoms with Crippen LogP contribution in [0.3, 0.4) is 0 Å². The van der Waals surface area contributed by atoms with Gasteiger partial charge in [0.15, 0.2) is 0 Å². The molecule has 4 rings (SSSR count). The molecule has 0 N–H and O–H groups in total. The maximum atomic E-state index is 15.2. The van der Waals surface area contributed by atoms with Crippen LogP contribution in [0.1, 0.15) is 35.6 Å². The SMILES string of the molecule is C/C=C/CCc1ccc(-c2ccc3c(F)c(CCc4cc(F)c(C(F)(F)F)c(F)c4)ccc3c2)c(F)c1. The molecule has 0 radical (unpaired) electrons. The summed E-state index contributed by atoms with van der Waals surface area (Å²) in [5, 5.41) is 0.830. The Morgan fingerprint density at radius 3 is 2.05 bits per heavy atom. The van der Waals surface area contributed by atoms with Crippen LogP contribution in [0, 0.1) is 23.3 Å². The Kier molecular flexibility index (Phi) is 7.71. The van der Waals surface area contributed by atoms with Gasteiger partial charge in [-0.3, -0.25) is 0 Å². The number of allylic oxidation sites excluding steroid dienone is 2. The third kappa shape index (κ3) is 5.87. The van der Waals surface area contributed by atoms with E-state index in [1.807, 2.05) is 25.1 Å². The molecule has 0 aliphatic rings. The van der Waals surface area contributed by atoms with Crippen LogP contribution in [0.4, 0.5) is 30.7 Å². The summed E-state index contributed by atoms with van der Waals surface area (Å²) in [6.07, 6.45) is 0.313. The molecule has 4 aromatic rings. The van der Waals surface area contributed by atoms with Crippen LogP contribution in [0.5, 0.6) is 0 Å². The minimum absolute atomic E-state index is 0.0116. The molecule has 192 valence electrons. The zero-order valence-electron chi connectivity index (χ0n) is 19.9. The number of hydrogen-bond donors (Lipinski definition) is 0. The first kappa shape index (κ1) is 26.5. The van der Waals surface area contributed by atoms with Crippen molar-refractivity contribution in [2.24, 2.45) is 0 Å². The summed E-state index contributed by atoms with van der Waals surface area (Å²) in [5.74, 6) is -4.32. The number of aryl methyl sites for hydroxylation is 3. The molecule has 0 saturated heterocycles. The van der Waals surface area contributed by atoms with Crippen LogP contribution in [-0.2, 0) is 25.4 Å². The fraction of sp³-hybridized carbons (Fsp3) is 0.200. The van der Waals surface area contributed by atoms with Gasteiger partial charge in [0.1, 0.15) is 28.8 Å². The van der Waals surface area contributed by atoms with E-state index < -0.39 is 29.2 Å². The summed E-state index contributed by atoms with van der Waals surface area (Å²) in [5.41, 5.74) is 0.160. The molecule has 0 nitrogen and oxygen atoms in total. The maximum absolute atomic E-state index is 15.2. The van der Waals surface area contributed by atoms with Gasteiger partial charge in [0.2, 0.25) is 0 Å². The fourth-order valence-corrected chi connectivity index (χ4v) is 4.38. The third-order valence-electron chi connectivity index (χ3n) is 6.28. The van der Waals surface area contributed by atoms with E-state index in [9.17, 15) is 26.3 Å². The summed E-state index contributed by atoms with van der Waals surface area (Å²) in [7, 11) is 0. The highest BCUT2D eigenvalue weighted by molar-refractivity contribution is 5.88. The number of rotatable bonds is 7. The van der Waals surface area contributed by atoms with Crippen molar-refractivity contribution in [3.8, 4) is 11.1 Å². The second-order valence-electron chi connectivity index (χ2n) is 8.83. The van der Waals surface area contributed by atoms with E-state index in [1.165, 1.54) is 12.1 Å². The van der Waals surface area contributed by atoms with Crippen LogP contribution in [-0.4, -0.2) is 0 Å². The first-order valence-corrected chi connectivity index (χ1v) is 11.7. The number of fused-ring (bicyclic) bond motifs is 1. The van der Waals surface area contributed by atoms with Crippen molar-refractivity contribution >= 4 is 10.8 Å². The van der Waals surface area contributed by atoms with Crippen molar-refractivity contribution in [2.45, 2.75) is 38.8 Å². The van der Waals surface area contributed by atoms with E-state index >= 15 is 4.39 Å².